The van der Waals surface area contributed by atoms with Crippen molar-refractivity contribution in [1.29, 1.82) is 0 Å². The van der Waals surface area contributed by atoms with E-state index in [9.17, 15) is 9.59 Å². The first-order valence-electron chi connectivity index (χ1n) is 14.6. The Bertz CT molecular complexity index is 1430. The van der Waals surface area contributed by atoms with Crippen molar-refractivity contribution in [2.75, 3.05) is 0 Å². The summed E-state index contributed by atoms with van der Waals surface area (Å²) in [4.78, 5) is 23.8. The third-order valence-electron chi connectivity index (χ3n) is 7.27. The molecule has 0 atom stereocenters. The Hall–Kier alpha value is -4.06. The fourth-order valence-electron chi connectivity index (χ4n) is 5.26. The Kier molecular flexibility index (Phi) is 12.4. The van der Waals surface area contributed by atoms with Crippen LogP contribution in [0.4, 0.5) is 0 Å². The summed E-state index contributed by atoms with van der Waals surface area (Å²) in [5.41, 5.74) is 8.03. The lowest BCUT2D eigenvalue weighted by molar-refractivity contribution is -0.121. The van der Waals surface area contributed by atoms with Crippen molar-refractivity contribution in [3.8, 4) is 35.5 Å². The number of rotatable bonds is 4. The zero-order chi connectivity index (χ0) is 31.5. The normalized spacial score (nSPS) is 19.9. The summed E-state index contributed by atoms with van der Waals surface area (Å²) in [6.07, 6.45) is 17.9. The molecule has 0 N–H and O–H groups in total. The molecule has 0 aromatic carbocycles. The molecule has 0 aromatic heterocycles. The topological polar surface area (TPSA) is 34.1 Å². The van der Waals surface area contributed by atoms with Crippen molar-refractivity contribution in [3.05, 3.63) is 93.2 Å². The zero-order valence-corrected chi connectivity index (χ0v) is 27.3. The third-order valence-corrected chi connectivity index (χ3v) is 7.27. The van der Waals surface area contributed by atoms with Crippen LogP contribution in [-0.4, -0.2) is 11.6 Å². The maximum Gasteiger partial charge on any atom is 0.137 e. The number of ketones is 2. The van der Waals surface area contributed by atoms with E-state index in [-0.39, 0.29) is 10.8 Å². The van der Waals surface area contributed by atoms with Gasteiger partial charge in [0.15, 0.2) is 0 Å². The highest BCUT2D eigenvalue weighted by molar-refractivity contribution is 5.85. The molecule has 2 aliphatic carbocycles. The minimum absolute atomic E-state index is 0.193. The summed E-state index contributed by atoms with van der Waals surface area (Å²) in [6.45, 7) is 20.4. The second kappa shape index (κ2) is 15.2. The van der Waals surface area contributed by atoms with Crippen molar-refractivity contribution in [2.24, 2.45) is 10.8 Å². The molecule has 0 unspecified atom stereocenters. The lowest BCUT2D eigenvalue weighted by atomic mass is 9.72. The van der Waals surface area contributed by atoms with Gasteiger partial charge < -0.3 is 0 Å². The van der Waals surface area contributed by atoms with Crippen LogP contribution in [0.2, 0.25) is 0 Å². The van der Waals surface area contributed by atoms with Gasteiger partial charge in [0.1, 0.15) is 11.6 Å². The smallest absolute Gasteiger partial charge is 0.137 e. The first-order valence-corrected chi connectivity index (χ1v) is 14.6. The van der Waals surface area contributed by atoms with Gasteiger partial charge in [0.25, 0.3) is 0 Å². The van der Waals surface area contributed by atoms with Crippen molar-refractivity contribution >= 4 is 11.6 Å². The molecule has 2 aliphatic rings. The minimum atomic E-state index is -0.193. The molecular weight excluding hydrogens is 512 g/mol. The summed E-state index contributed by atoms with van der Waals surface area (Å²) >= 11 is 0. The second-order valence-corrected chi connectivity index (χ2v) is 12.8. The monoisotopic (exact) mass is 558 g/mol. The fourth-order valence-corrected chi connectivity index (χ4v) is 5.26. The molecule has 0 fully saturated rings. The summed E-state index contributed by atoms with van der Waals surface area (Å²) in [5, 5.41) is 0. The summed E-state index contributed by atoms with van der Waals surface area (Å²) in [6, 6.07) is 0. The van der Waals surface area contributed by atoms with Crippen molar-refractivity contribution in [2.45, 2.75) is 94.9 Å². The molecule has 42 heavy (non-hydrogen) atoms. The van der Waals surface area contributed by atoms with Gasteiger partial charge in [0.05, 0.1) is 0 Å². The highest BCUT2D eigenvalue weighted by atomic mass is 16.1. The largest absolute Gasteiger partial charge is 0.299 e. The molecule has 0 radical (unpaired) electrons. The summed E-state index contributed by atoms with van der Waals surface area (Å²) in [5.74, 6) is 19.9. The maximum atomic E-state index is 11.9. The number of hydrogen-bond donors (Lipinski definition) is 0. The predicted molar refractivity (Wildman–Crippen MR) is 178 cm³/mol. The van der Waals surface area contributed by atoms with E-state index in [0.29, 0.717) is 37.2 Å². The molecule has 0 saturated carbocycles. The lowest BCUT2D eigenvalue weighted by Gasteiger charge is -2.30. The van der Waals surface area contributed by atoms with Crippen LogP contribution in [0.25, 0.3) is 0 Å². The van der Waals surface area contributed by atoms with Crippen molar-refractivity contribution in [1.82, 2.24) is 0 Å². The highest BCUT2D eigenvalue weighted by Crippen LogP contribution is 2.39. The number of carbonyl (C=O) groups is 2. The van der Waals surface area contributed by atoms with Crippen LogP contribution in [0, 0.1) is 46.4 Å². The molecule has 0 aliphatic heterocycles. The zero-order valence-electron chi connectivity index (χ0n) is 27.3. The van der Waals surface area contributed by atoms with E-state index in [4.69, 9.17) is 0 Å². The first kappa shape index (κ1) is 34.1. The molecule has 0 heterocycles. The van der Waals surface area contributed by atoms with Crippen LogP contribution < -0.4 is 0 Å². The van der Waals surface area contributed by atoms with Gasteiger partial charge in [0.2, 0.25) is 0 Å². The van der Waals surface area contributed by atoms with Gasteiger partial charge in [-0.25, -0.2) is 0 Å². The Morgan fingerprint density at radius 3 is 1.33 bits per heavy atom. The molecule has 2 nitrogen and oxygen atoms in total. The van der Waals surface area contributed by atoms with Crippen LogP contribution in [0.15, 0.2) is 93.2 Å². The molecule has 218 valence electrons. The molecule has 0 saturated heterocycles. The fraction of sp³-hybridized carbons (Fsp3) is 0.400. The number of allylic oxidation sites excluding steroid dienone is 16. The van der Waals surface area contributed by atoms with E-state index in [1.54, 1.807) is 0 Å². The standard InChI is InChI=1S/C40H46O2/c1-29(17-13-19-31(3)21-23-37-33(5)25-35(41)27-39(37,7)8)15-11-12-16-30(2)18-14-20-32(4)22-24-38-34(6)26-36(42)28-40(38,9)10/h13-20H,25-28H2,1-10H3/b17-13+,18-14+,29-15+,30-16+,31-19+,32-20+. The predicted octanol–water partition coefficient (Wildman–Crippen LogP) is 9.31. The number of hydrogen-bond acceptors (Lipinski definition) is 2. The SMILES string of the molecule is CC1=C(C#C/C(C)=C/C=C/C(C)=C/C#C/C=C(C)/C=C/C=C(\C)C#CC2=C(C)CC(=O)CC2(C)C)C(C)(C)CC(=O)C1. The molecule has 0 bridgehead atoms. The van der Waals surface area contributed by atoms with Gasteiger partial charge in [-0.15, -0.1) is 0 Å². The first-order chi connectivity index (χ1) is 19.6. The highest BCUT2D eigenvalue weighted by Gasteiger charge is 2.32. The minimum Gasteiger partial charge on any atom is -0.299 e. The quantitative estimate of drug-likeness (QED) is 0.254. The van der Waals surface area contributed by atoms with E-state index >= 15 is 0 Å². The Morgan fingerprint density at radius 2 is 1.00 bits per heavy atom. The molecule has 0 spiro atoms. The van der Waals surface area contributed by atoms with Crippen LogP contribution in [0.3, 0.4) is 0 Å². The molecule has 0 aromatic rings. The van der Waals surface area contributed by atoms with E-state index in [0.717, 1.165) is 44.6 Å². The third kappa shape index (κ3) is 11.1. The van der Waals surface area contributed by atoms with Crippen molar-refractivity contribution < 1.29 is 9.59 Å². The van der Waals surface area contributed by atoms with Crippen molar-refractivity contribution in [3.63, 3.8) is 0 Å². The van der Waals surface area contributed by atoms with Gasteiger partial charge in [0, 0.05) is 47.7 Å². The van der Waals surface area contributed by atoms with Crippen LogP contribution in [0.5, 0.6) is 0 Å². The second-order valence-electron chi connectivity index (χ2n) is 12.8. The Balaban J connectivity index is 1.96. The van der Waals surface area contributed by atoms with Crippen LogP contribution >= 0.6 is 0 Å². The lowest BCUT2D eigenvalue weighted by Crippen LogP contribution is -2.25. The van der Waals surface area contributed by atoms with Crippen LogP contribution in [0.1, 0.15) is 94.9 Å². The average Bonchev–Trinajstić information content (AvgIpc) is 2.84. The van der Waals surface area contributed by atoms with E-state index < -0.39 is 0 Å². The Labute approximate surface area is 255 Å². The van der Waals surface area contributed by atoms with E-state index in [1.807, 2.05) is 90.2 Å². The van der Waals surface area contributed by atoms with E-state index in [1.165, 1.54) is 0 Å². The van der Waals surface area contributed by atoms with Gasteiger partial charge in [-0.2, -0.15) is 0 Å². The summed E-state index contributed by atoms with van der Waals surface area (Å²) < 4.78 is 0. The number of Topliss-reactive ketones (excluding diaryl/α,β-unsaturated/α-hetero) is 2. The van der Waals surface area contributed by atoms with Gasteiger partial charge in [-0.3, -0.25) is 9.59 Å². The molecule has 0 amide bonds. The average molecular weight is 559 g/mol. The number of carbonyl (C=O) groups excluding carboxylic acids is 2. The van der Waals surface area contributed by atoms with Crippen LogP contribution in [-0.2, 0) is 9.59 Å². The molecular formula is C40H46O2. The maximum absolute atomic E-state index is 11.9. The van der Waals surface area contributed by atoms with Gasteiger partial charge in [-0.1, -0.05) is 111 Å². The van der Waals surface area contributed by atoms with Gasteiger partial charge in [-0.05, 0) is 76.0 Å². The Morgan fingerprint density at radius 1 is 0.643 bits per heavy atom. The molecule has 2 rings (SSSR count). The van der Waals surface area contributed by atoms with Gasteiger partial charge >= 0.3 is 0 Å². The summed E-state index contributed by atoms with van der Waals surface area (Å²) in [7, 11) is 0. The molecule has 2 heteroatoms. The van der Waals surface area contributed by atoms with E-state index in [2.05, 4.69) is 63.2 Å².